The van der Waals surface area contributed by atoms with Crippen molar-refractivity contribution in [2.45, 2.75) is 32.1 Å². The highest BCUT2D eigenvalue weighted by atomic mass is 32.1. The zero-order valence-corrected chi connectivity index (χ0v) is 14.8. The Kier molecular flexibility index (Phi) is 5.60. The minimum Gasteiger partial charge on any atom is -0.373 e. The Morgan fingerprint density at radius 2 is 2.04 bits per heavy atom. The summed E-state index contributed by atoms with van der Waals surface area (Å²) in [6, 6.07) is 9.77. The maximum absolute atomic E-state index is 12.6. The zero-order chi connectivity index (χ0) is 16.9. The summed E-state index contributed by atoms with van der Waals surface area (Å²) >= 11 is 1.56. The van der Waals surface area contributed by atoms with Crippen molar-refractivity contribution in [2.75, 3.05) is 19.6 Å². The molecule has 1 aliphatic heterocycles. The van der Waals surface area contributed by atoms with E-state index < -0.39 is 0 Å². The second kappa shape index (κ2) is 7.88. The maximum atomic E-state index is 12.6. The Bertz CT molecular complexity index is 638. The van der Waals surface area contributed by atoms with Crippen LogP contribution in [0.3, 0.4) is 0 Å². The summed E-state index contributed by atoms with van der Waals surface area (Å²) in [6.07, 6.45) is 2.09. The molecule has 0 radical (unpaired) electrons. The van der Waals surface area contributed by atoms with Crippen LogP contribution in [0, 0.1) is 0 Å². The number of hydrogen-bond donors (Lipinski definition) is 1. The van der Waals surface area contributed by atoms with Gasteiger partial charge >= 0.3 is 0 Å². The minimum atomic E-state index is -0.199. The number of hydrogen-bond acceptors (Lipinski definition) is 5. The van der Waals surface area contributed by atoms with E-state index in [-0.39, 0.29) is 24.2 Å². The van der Waals surface area contributed by atoms with Crippen LogP contribution in [0.4, 0.5) is 0 Å². The predicted octanol–water partition coefficient (Wildman–Crippen LogP) is 2.46. The first-order valence-corrected chi connectivity index (χ1v) is 9.11. The average molecular weight is 345 g/mol. The van der Waals surface area contributed by atoms with Crippen molar-refractivity contribution in [1.82, 2.24) is 15.2 Å². The van der Waals surface area contributed by atoms with Crippen LogP contribution >= 0.6 is 11.3 Å². The molecule has 2 heterocycles. The van der Waals surface area contributed by atoms with Gasteiger partial charge in [-0.1, -0.05) is 30.3 Å². The van der Waals surface area contributed by atoms with Crippen LogP contribution in [0.25, 0.3) is 0 Å². The number of morpholine rings is 1. The first-order valence-electron chi connectivity index (χ1n) is 8.23. The minimum absolute atomic E-state index is 0.0142. The van der Waals surface area contributed by atoms with Crippen LogP contribution in [-0.4, -0.2) is 47.6 Å². The van der Waals surface area contributed by atoms with Crippen molar-refractivity contribution in [3.8, 4) is 0 Å². The van der Waals surface area contributed by atoms with Crippen LogP contribution < -0.4 is 5.32 Å². The summed E-state index contributed by atoms with van der Waals surface area (Å²) in [5.74, 6) is 0.0142. The highest BCUT2D eigenvalue weighted by Crippen LogP contribution is 2.23. The van der Waals surface area contributed by atoms with Gasteiger partial charge in [0, 0.05) is 24.7 Å². The molecule has 6 heteroatoms. The number of rotatable bonds is 5. The number of aromatic nitrogens is 1. The Morgan fingerprint density at radius 3 is 2.67 bits per heavy atom. The van der Waals surface area contributed by atoms with E-state index in [0.29, 0.717) is 6.54 Å². The molecule has 3 atom stereocenters. The molecule has 0 saturated carbocycles. The smallest absolute Gasteiger partial charge is 0.235 e. The number of nitrogens with one attached hydrogen (secondary N) is 1. The fourth-order valence-corrected chi connectivity index (χ4v) is 3.85. The lowest BCUT2D eigenvalue weighted by molar-refractivity contribution is -0.126. The molecule has 0 spiro atoms. The molecule has 0 aliphatic carbocycles. The van der Waals surface area contributed by atoms with Gasteiger partial charge in [0.1, 0.15) is 11.0 Å². The Balaban J connectivity index is 1.68. The lowest BCUT2D eigenvalue weighted by atomic mass is 10.1. The van der Waals surface area contributed by atoms with E-state index in [1.807, 2.05) is 49.6 Å². The number of nitrogens with zero attached hydrogens (tertiary/aromatic N) is 2. The van der Waals surface area contributed by atoms with Gasteiger partial charge in [-0.2, -0.15) is 0 Å². The van der Waals surface area contributed by atoms with E-state index >= 15 is 0 Å². The number of amides is 1. The normalized spacial score (nSPS) is 22.9. The van der Waals surface area contributed by atoms with E-state index in [2.05, 4.69) is 15.2 Å². The summed E-state index contributed by atoms with van der Waals surface area (Å²) in [5, 5.41) is 5.97. The Morgan fingerprint density at radius 1 is 1.33 bits per heavy atom. The number of carbonyl (C=O) groups excluding carboxylic acids is 1. The predicted molar refractivity (Wildman–Crippen MR) is 95.0 cm³/mol. The topological polar surface area (TPSA) is 54.5 Å². The highest BCUT2D eigenvalue weighted by Gasteiger charge is 2.25. The Hall–Kier alpha value is -1.76. The van der Waals surface area contributed by atoms with E-state index in [0.717, 1.165) is 23.7 Å². The molecule has 1 aromatic carbocycles. The van der Waals surface area contributed by atoms with Crippen molar-refractivity contribution in [3.05, 3.63) is 52.5 Å². The van der Waals surface area contributed by atoms with Gasteiger partial charge in [0.25, 0.3) is 0 Å². The highest BCUT2D eigenvalue weighted by molar-refractivity contribution is 7.09. The second-order valence-electron chi connectivity index (χ2n) is 6.23. The molecule has 128 valence electrons. The monoisotopic (exact) mass is 345 g/mol. The molecule has 0 unspecified atom stereocenters. The second-order valence-corrected chi connectivity index (χ2v) is 7.16. The summed E-state index contributed by atoms with van der Waals surface area (Å²) < 4.78 is 5.73. The van der Waals surface area contributed by atoms with Crippen LogP contribution in [0.5, 0.6) is 0 Å². The van der Waals surface area contributed by atoms with Crippen molar-refractivity contribution in [3.63, 3.8) is 0 Å². The third-order valence-corrected chi connectivity index (χ3v) is 4.84. The molecule has 0 bridgehead atoms. The van der Waals surface area contributed by atoms with E-state index in [1.54, 1.807) is 17.5 Å². The van der Waals surface area contributed by atoms with Gasteiger partial charge in [0.15, 0.2) is 0 Å². The van der Waals surface area contributed by atoms with Gasteiger partial charge in [-0.3, -0.25) is 9.69 Å². The standard InChI is InChI=1S/C18H23N3O2S/c1-13-10-21(11-14(2)23-13)12-16(22)20-17(18-19-8-9-24-18)15-6-4-3-5-7-15/h3-9,13-14,17H,10-12H2,1-2H3,(H,20,22)/t13-,14-,17+/m1/s1. The lowest BCUT2D eigenvalue weighted by Gasteiger charge is -2.35. The van der Waals surface area contributed by atoms with Crippen LogP contribution in [0.15, 0.2) is 41.9 Å². The quantitative estimate of drug-likeness (QED) is 0.904. The zero-order valence-electron chi connectivity index (χ0n) is 14.0. The molecule has 1 amide bonds. The molecular weight excluding hydrogens is 322 g/mol. The molecule has 5 nitrogen and oxygen atoms in total. The number of ether oxygens (including phenoxy) is 1. The van der Waals surface area contributed by atoms with Crippen LogP contribution in [0.2, 0.25) is 0 Å². The fourth-order valence-electron chi connectivity index (χ4n) is 3.13. The van der Waals surface area contributed by atoms with Gasteiger partial charge in [0.05, 0.1) is 18.8 Å². The number of carbonyl (C=O) groups is 1. The first kappa shape index (κ1) is 17.1. The third-order valence-electron chi connectivity index (χ3n) is 4.00. The molecule has 3 rings (SSSR count). The van der Waals surface area contributed by atoms with Crippen molar-refractivity contribution < 1.29 is 9.53 Å². The summed E-state index contributed by atoms with van der Waals surface area (Å²) in [6.45, 7) is 6.04. The molecule has 2 aromatic rings. The fraction of sp³-hybridized carbons (Fsp3) is 0.444. The number of thiazole rings is 1. The molecular formula is C18H23N3O2S. The van der Waals surface area contributed by atoms with Gasteiger partial charge < -0.3 is 10.1 Å². The SMILES string of the molecule is C[C@@H]1CN(CC(=O)N[C@@H](c2ccccc2)c2nccs2)C[C@@H](C)O1. The van der Waals surface area contributed by atoms with Gasteiger partial charge in [-0.25, -0.2) is 4.98 Å². The van der Waals surface area contributed by atoms with E-state index in [9.17, 15) is 4.79 Å². The van der Waals surface area contributed by atoms with Gasteiger partial charge in [-0.05, 0) is 19.4 Å². The van der Waals surface area contributed by atoms with E-state index in [4.69, 9.17) is 4.74 Å². The molecule has 1 aromatic heterocycles. The maximum Gasteiger partial charge on any atom is 0.235 e. The summed E-state index contributed by atoms with van der Waals surface area (Å²) in [4.78, 5) is 19.1. The van der Waals surface area contributed by atoms with E-state index in [1.165, 1.54) is 0 Å². The van der Waals surface area contributed by atoms with Crippen LogP contribution in [0.1, 0.15) is 30.5 Å². The molecule has 1 saturated heterocycles. The van der Waals surface area contributed by atoms with Gasteiger partial charge in [0.2, 0.25) is 5.91 Å². The molecule has 1 N–H and O–H groups in total. The molecule has 1 aliphatic rings. The van der Waals surface area contributed by atoms with Crippen molar-refractivity contribution in [1.29, 1.82) is 0 Å². The van der Waals surface area contributed by atoms with Crippen molar-refractivity contribution >= 4 is 17.2 Å². The van der Waals surface area contributed by atoms with Gasteiger partial charge in [-0.15, -0.1) is 11.3 Å². The lowest BCUT2D eigenvalue weighted by Crippen LogP contribution is -2.49. The molecule has 24 heavy (non-hydrogen) atoms. The summed E-state index contributed by atoms with van der Waals surface area (Å²) in [7, 11) is 0. The third kappa shape index (κ3) is 4.41. The average Bonchev–Trinajstić information content (AvgIpc) is 3.06. The van der Waals surface area contributed by atoms with Crippen LogP contribution in [-0.2, 0) is 9.53 Å². The number of benzene rings is 1. The largest absolute Gasteiger partial charge is 0.373 e. The first-order chi connectivity index (χ1) is 11.6. The van der Waals surface area contributed by atoms with Crippen molar-refractivity contribution in [2.24, 2.45) is 0 Å². The summed E-state index contributed by atoms with van der Waals surface area (Å²) in [5.41, 5.74) is 1.05. The Labute approximate surface area is 146 Å². The molecule has 1 fully saturated rings.